The Morgan fingerprint density at radius 1 is 1.25 bits per heavy atom. The molecule has 20 heavy (non-hydrogen) atoms. The highest BCUT2D eigenvalue weighted by Crippen LogP contribution is 2.11. The van der Waals surface area contributed by atoms with Crippen LogP contribution in [0.25, 0.3) is 0 Å². The highest BCUT2D eigenvalue weighted by Gasteiger charge is 2.22. The van der Waals surface area contributed by atoms with Crippen molar-refractivity contribution < 1.29 is 24.6 Å². The topological polar surface area (TPSA) is 116 Å². The Morgan fingerprint density at radius 2 is 1.95 bits per heavy atom. The number of carboxylic acid groups (broad SMARTS) is 2. The molecule has 1 atom stereocenters. The van der Waals surface area contributed by atoms with Crippen LogP contribution in [-0.4, -0.2) is 34.2 Å². The van der Waals surface area contributed by atoms with Crippen LogP contribution < -0.4 is 10.6 Å². The van der Waals surface area contributed by atoms with Crippen LogP contribution in [0.1, 0.15) is 12.0 Å². The molecule has 2 amide bonds. The minimum absolute atomic E-state index is 0.199. The van der Waals surface area contributed by atoms with E-state index in [1.807, 2.05) is 6.07 Å². The van der Waals surface area contributed by atoms with Crippen LogP contribution in [0.5, 0.6) is 0 Å². The summed E-state index contributed by atoms with van der Waals surface area (Å²) in [5, 5.41) is 21.9. The normalized spacial score (nSPS) is 11.4. The third kappa shape index (κ3) is 5.70. The van der Waals surface area contributed by atoms with Crippen LogP contribution in [0.2, 0.25) is 0 Å². The standard InChI is InChI=1S/C12H13BrN2O5/c13-8-3-1-2-7(4-8)6-14-12(20)15-9(11(18)19)5-10(16)17/h1-4,9H,5-6H2,(H,16,17)(H,18,19)(H2,14,15,20)/t9-/m1/s1. The van der Waals surface area contributed by atoms with E-state index in [2.05, 4.69) is 26.6 Å². The van der Waals surface area contributed by atoms with Crippen molar-refractivity contribution in [3.8, 4) is 0 Å². The zero-order valence-corrected chi connectivity index (χ0v) is 11.9. The zero-order chi connectivity index (χ0) is 15.1. The summed E-state index contributed by atoms with van der Waals surface area (Å²) in [6, 6.07) is 5.01. The molecule has 0 aliphatic rings. The molecule has 0 spiro atoms. The number of aliphatic carboxylic acids is 2. The number of amides is 2. The van der Waals surface area contributed by atoms with E-state index in [4.69, 9.17) is 10.2 Å². The molecule has 1 aromatic rings. The maximum absolute atomic E-state index is 11.5. The van der Waals surface area contributed by atoms with Gasteiger partial charge in [0.05, 0.1) is 6.42 Å². The van der Waals surface area contributed by atoms with Gasteiger partial charge in [-0.3, -0.25) is 4.79 Å². The SMILES string of the molecule is O=C(O)C[C@@H](NC(=O)NCc1cccc(Br)c1)C(=O)O. The van der Waals surface area contributed by atoms with Gasteiger partial charge >= 0.3 is 18.0 Å². The molecule has 108 valence electrons. The van der Waals surface area contributed by atoms with Crippen LogP contribution in [0.3, 0.4) is 0 Å². The first-order valence-electron chi connectivity index (χ1n) is 5.62. The quantitative estimate of drug-likeness (QED) is 0.618. The second-order valence-electron chi connectivity index (χ2n) is 3.95. The summed E-state index contributed by atoms with van der Waals surface area (Å²) in [7, 11) is 0. The summed E-state index contributed by atoms with van der Waals surface area (Å²) in [5.74, 6) is -2.70. The van der Waals surface area contributed by atoms with Crippen molar-refractivity contribution in [2.45, 2.75) is 19.0 Å². The Labute approximate surface area is 123 Å². The van der Waals surface area contributed by atoms with Crippen molar-refractivity contribution in [2.24, 2.45) is 0 Å². The maximum atomic E-state index is 11.5. The number of urea groups is 1. The Balaban J connectivity index is 2.49. The summed E-state index contributed by atoms with van der Waals surface area (Å²) < 4.78 is 0.853. The van der Waals surface area contributed by atoms with Gasteiger partial charge in [0.2, 0.25) is 0 Å². The molecule has 0 aromatic heterocycles. The van der Waals surface area contributed by atoms with E-state index in [1.165, 1.54) is 0 Å². The number of carbonyl (C=O) groups is 3. The molecule has 0 unspecified atom stereocenters. The average Bonchev–Trinajstić information content (AvgIpc) is 2.35. The Hall–Kier alpha value is -2.09. The van der Waals surface area contributed by atoms with Gasteiger partial charge in [0.1, 0.15) is 6.04 Å². The number of nitrogens with one attached hydrogen (secondary N) is 2. The highest BCUT2D eigenvalue weighted by molar-refractivity contribution is 9.10. The molecule has 8 heteroatoms. The van der Waals surface area contributed by atoms with Crippen molar-refractivity contribution >= 4 is 33.9 Å². The van der Waals surface area contributed by atoms with Crippen molar-refractivity contribution in [3.63, 3.8) is 0 Å². The lowest BCUT2D eigenvalue weighted by Gasteiger charge is -2.13. The lowest BCUT2D eigenvalue weighted by atomic mass is 10.2. The molecule has 0 bridgehead atoms. The molecule has 0 saturated carbocycles. The van der Waals surface area contributed by atoms with Gasteiger partial charge in [0.15, 0.2) is 0 Å². The first-order chi connectivity index (χ1) is 9.38. The predicted molar refractivity (Wildman–Crippen MR) is 73.2 cm³/mol. The summed E-state index contributed by atoms with van der Waals surface area (Å²) >= 11 is 3.28. The van der Waals surface area contributed by atoms with Crippen LogP contribution in [-0.2, 0) is 16.1 Å². The summed E-state index contributed by atoms with van der Waals surface area (Å²) in [4.78, 5) is 32.8. The minimum atomic E-state index is -1.46. The second-order valence-corrected chi connectivity index (χ2v) is 4.86. The number of hydrogen-bond donors (Lipinski definition) is 4. The van der Waals surface area contributed by atoms with Crippen LogP contribution >= 0.6 is 15.9 Å². The lowest BCUT2D eigenvalue weighted by Crippen LogP contribution is -2.46. The number of halogens is 1. The Morgan fingerprint density at radius 3 is 2.50 bits per heavy atom. The number of benzene rings is 1. The Kier molecular flexibility index (Phi) is 5.98. The predicted octanol–water partition coefficient (Wildman–Crippen LogP) is 1.18. The van der Waals surface area contributed by atoms with Gasteiger partial charge in [-0.15, -0.1) is 0 Å². The number of carboxylic acids is 2. The van der Waals surface area contributed by atoms with Gasteiger partial charge in [0, 0.05) is 11.0 Å². The van der Waals surface area contributed by atoms with E-state index in [9.17, 15) is 14.4 Å². The summed E-state index contributed by atoms with van der Waals surface area (Å²) in [6.07, 6.45) is -0.681. The second kappa shape index (κ2) is 7.49. The Bertz CT molecular complexity index is 520. The molecular weight excluding hydrogens is 332 g/mol. The van der Waals surface area contributed by atoms with Crippen molar-refractivity contribution in [2.75, 3.05) is 0 Å². The summed E-state index contributed by atoms with van der Waals surface area (Å²) in [5.41, 5.74) is 0.819. The van der Waals surface area contributed by atoms with Crippen LogP contribution in [0.15, 0.2) is 28.7 Å². The first-order valence-corrected chi connectivity index (χ1v) is 6.41. The monoisotopic (exact) mass is 344 g/mol. The number of rotatable bonds is 6. The molecule has 0 fully saturated rings. The lowest BCUT2D eigenvalue weighted by molar-refractivity contribution is -0.145. The molecule has 1 aromatic carbocycles. The average molecular weight is 345 g/mol. The van der Waals surface area contributed by atoms with Gasteiger partial charge in [-0.1, -0.05) is 28.1 Å². The summed E-state index contributed by atoms with van der Waals surface area (Å²) in [6.45, 7) is 0.199. The van der Waals surface area contributed by atoms with Gasteiger partial charge in [-0.05, 0) is 17.7 Å². The molecule has 0 heterocycles. The van der Waals surface area contributed by atoms with Gasteiger partial charge < -0.3 is 20.8 Å². The molecule has 1 rings (SSSR count). The van der Waals surface area contributed by atoms with Crippen molar-refractivity contribution in [1.29, 1.82) is 0 Å². The fraction of sp³-hybridized carbons (Fsp3) is 0.250. The van der Waals surface area contributed by atoms with Crippen molar-refractivity contribution in [3.05, 3.63) is 34.3 Å². The van der Waals surface area contributed by atoms with E-state index >= 15 is 0 Å². The fourth-order valence-electron chi connectivity index (χ4n) is 1.41. The van der Waals surface area contributed by atoms with E-state index < -0.39 is 30.4 Å². The molecular formula is C12H13BrN2O5. The highest BCUT2D eigenvalue weighted by atomic mass is 79.9. The molecule has 0 aliphatic carbocycles. The van der Waals surface area contributed by atoms with E-state index in [1.54, 1.807) is 18.2 Å². The molecule has 0 saturated heterocycles. The minimum Gasteiger partial charge on any atom is -0.481 e. The molecule has 0 aliphatic heterocycles. The van der Waals surface area contributed by atoms with E-state index in [0.29, 0.717) is 0 Å². The van der Waals surface area contributed by atoms with Crippen LogP contribution in [0.4, 0.5) is 4.79 Å². The third-order valence-corrected chi connectivity index (χ3v) is 2.82. The number of hydrogen-bond acceptors (Lipinski definition) is 3. The smallest absolute Gasteiger partial charge is 0.326 e. The van der Waals surface area contributed by atoms with E-state index in [-0.39, 0.29) is 6.54 Å². The van der Waals surface area contributed by atoms with Crippen molar-refractivity contribution in [1.82, 2.24) is 10.6 Å². The van der Waals surface area contributed by atoms with Gasteiger partial charge in [-0.2, -0.15) is 0 Å². The van der Waals surface area contributed by atoms with Crippen LogP contribution in [0, 0.1) is 0 Å². The van der Waals surface area contributed by atoms with Gasteiger partial charge in [-0.25, -0.2) is 9.59 Å². The zero-order valence-electron chi connectivity index (χ0n) is 10.3. The van der Waals surface area contributed by atoms with Gasteiger partial charge in [0.25, 0.3) is 0 Å². The third-order valence-electron chi connectivity index (χ3n) is 2.32. The largest absolute Gasteiger partial charge is 0.481 e. The maximum Gasteiger partial charge on any atom is 0.326 e. The molecule has 7 nitrogen and oxygen atoms in total. The molecule has 0 radical (unpaired) electrons. The molecule has 4 N–H and O–H groups in total. The number of carbonyl (C=O) groups excluding carboxylic acids is 1. The first kappa shape index (κ1) is 16.0. The fourth-order valence-corrected chi connectivity index (χ4v) is 1.86. The van der Waals surface area contributed by atoms with E-state index in [0.717, 1.165) is 10.0 Å².